The Morgan fingerprint density at radius 1 is 1.12 bits per heavy atom. The molecule has 0 aliphatic rings. The van der Waals surface area contributed by atoms with Crippen LogP contribution in [0.25, 0.3) is 0 Å². The summed E-state index contributed by atoms with van der Waals surface area (Å²) in [6.45, 7) is 10.4. The lowest BCUT2D eigenvalue weighted by atomic mass is 10.1. The summed E-state index contributed by atoms with van der Waals surface area (Å²) in [5.74, 6) is -0.185. The number of nitrogens with one attached hydrogen (secondary N) is 2. The maximum absolute atomic E-state index is 12.8. The molecule has 96 valence electrons. The van der Waals surface area contributed by atoms with E-state index in [1.54, 1.807) is 0 Å². The van der Waals surface area contributed by atoms with Crippen LogP contribution in [0.2, 0.25) is 0 Å². The number of halogens is 1. The van der Waals surface area contributed by atoms with Crippen LogP contribution in [0.15, 0.2) is 24.3 Å². The van der Waals surface area contributed by atoms with Crippen LogP contribution in [0.1, 0.15) is 39.3 Å². The Bertz CT molecular complexity index is 327. The maximum Gasteiger partial charge on any atom is 0.123 e. The van der Waals surface area contributed by atoms with Crippen LogP contribution in [0, 0.1) is 5.82 Å². The van der Waals surface area contributed by atoms with Gasteiger partial charge >= 0.3 is 0 Å². The third-order valence-corrected chi connectivity index (χ3v) is 2.60. The van der Waals surface area contributed by atoms with Crippen LogP contribution in [-0.4, -0.2) is 18.6 Å². The quantitative estimate of drug-likeness (QED) is 0.771. The molecule has 2 N–H and O–H groups in total. The van der Waals surface area contributed by atoms with Gasteiger partial charge < -0.3 is 10.6 Å². The Morgan fingerprint density at radius 3 is 2.24 bits per heavy atom. The van der Waals surface area contributed by atoms with Crippen molar-refractivity contribution in [3.63, 3.8) is 0 Å². The van der Waals surface area contributed by atoms with Crippen LogP contribution in [0.3, 0.4) is 0 Å². The number of benzene rings is 1. The molecular formula is C14H23FN2. The summed E-state index contributed by atoms with van der Waals surface area (Å²) >= 11 is 0. The Hall–Kier alpha value is -0.930. The molecule has 0 aliphatic heterocycles. The van der Waals surface area contributed by atoms with E-state index in [4.69, 9.17) is 0 Å². The lowest BCUT2D eigenvalue weighted by molar-refractivity contribution is 0.414. The molecule has 2 nitrogen and oxygen atoms in total. The molecule has 0 bridgehead atoms. The van der Waals surface area contributed by atoms with E-state index in [2.05, 4.69) is 38.3 Å². The standard InChI is InChI=1S/C14H23FN2/c1-11(12-5-7-13(15)8-6-12)16-9-10-17-14(2,3)4/h5-8,11,16-17H,9-10H2,1-4H3. The van der Waals surface area contributed by atoms with Crippen molar-refractivity contribution in [1.29, 1.82) is 0 Å². The predicted molar refractivity (Wildman–Crippen MR) is 70.6 cm³/mol. The van der Waals surface area contributed by atoms with Gasteiger partial charge in [0.25, 0.3) is 0 Å². The highest BCUT2D eigenvalue weighted by atomic mass is 19.1. The molecule has 3 heteroatoms. The zero-order valence-electron chi connectivity index (χ0n) is 11.2. The van der Waals surface area contributed by atoms with E-state index in [1.165, 1.54) is 12.1 Å². The minimum Gasteiger partial charge on any atom is -0.311 e. The third kappa shape index (κ3) is 5.80. The van der Waals surface area contributed by atoms with Crippen LogP contribution in [0.4, 0.5) is 4.39 Å². The molecule has 0 saturated heterocycles. The molecule has 1 atom stereocenters. The first kappa shape index (κ1) is 14.1. The molecule has 17 heavy (non-hydrogen) atoms. The molecule has 1 aromatic carbocycles. The number of hydrogen-bond donors (Lipinski definition) is 2. The molecule has 0 fully saturated rings. The summed E-state index contributed by atoms with van der Waals surface area (Å²) in [6, 6.07) is 6.90. The van der Waals surface area contributed by atoms with Crippen molar-refractivity contribution in [2.75, 3.05) is 13.1 Å². The highest BCUT2D eigenvalue weighted by Gasteiger charge is 2.08. The highest BCUT2D eigenvalue weighted by molar-refractivity contribution is 5.19. The monoisotopic (exact) mass is 238 g/mol. The second-order valence-corrected chi connectivity index (χ2v) is 5.40. The number of hydrogen-bond acceptors (Lipinski definition) is 2. The van der Waals surface area contributed by atoms with Crippen LogP contribution in [-0.2, 0) is 0 Å². The summed E-state index contributed by atoms with van der Waals surface area (Å²) in [5, 5.41) is 6.82. The van der Waals surface area contributed by atoms with Crippen LogP contribution >= 0.6 is 0 Å². The van der Waals surface area contributed by atoms with Gasteiger partial charge in [0, 0.05) is 24.7 Å². The minimum absolute atomic E-state index is 0.154. The highest BCUT2D eigenvalue weighted by Crippen LogP contribution is 2.12. The molecule has 1 unspecified atom stereocenters. The van der Waals surface area contributed by atoms with Crippen molar-refractivity contribution in [3.05, 3.63) is 35.6 Å². The van der Waals surface area contributed by atoms with E-state index in [1.807, 2.05) is 12.1 Å². The Kier molecular flexibility index (Phi) is 5.09. The van der Waals surface area contributed by atoms with E-state index < -0.39 is 0 Å². The van der Waals surface area contributed by atoms with E-state index in [0.29, 0.717) is 0 Å². The van der Waals surface area contributed by atoms with Gasteiger partial charge in [0.2, 0.25) is 0 Å². The molecular weight excluding hydrogens is 215 g/mol. The van der Waals surface area contributed by atoms with Gasteiger partial charge in [-0.3, -0.25) is 0 Å². The van der Waals surface area contributed by atoms with Gasteiger partial charge in [0.05, 0.1) is 0 Å². The average Bonchev–Trinajstić information content (AvgIpc) is 2.24. The average molecular weight is 238 g/mol. The van der Waals surface area contributed by atoms with Crippen molar-refractivity contribution >= 4 is 0 Å². The van der Waals surface area contributed by atoms with Gasteiger partial charge in [-0.15, -0.1) is 0 Å². The van der Waals surface area contributed by atoms with E-state index in [0.717, 1.165) is 18.7 Å². The zero-order valence-corrected chi connectivity index (χ0v) is 11.2. The maximum atomic E-state index is 12.8. The van der Waals surface area contributed by atoms with Gasteiger partial charge in [-0.1, -0.05) is 12.1 Å². The van der Waals surface area contributed by atoms with E-state index >= 15 is 0 Å². The smallest absolute Gasteiger partial charge is 0.123 e. The Morgan fingerprint density at radius 2 is 1.71 bits per heavy atom. The van der Waals surface area contributed by atoms with Crippen molar-refractivity contribution in [3.8, 4) is 0 Å². The summed E-state index contributed by atoms with van der Waals surface area (Å²) in [6.07, 6.45) is 0. The van der Waals surface area contributed by atoms with Gasteiger partial charge in [0.15, 0.2) is 0 Å². The Balaban J connectivity index is 2.30. The topological polar surface area (TPSA) is 24.1 Å². The fourth-order valence-corrected chi connectivity index (χ4v) is 1.60. The normalized spacial score (nSPS) is 13.7. The van der Waals surface area contributed by atoms with Crippen molar-refractivity contribution in [2.45, 2.75) is 39.3 Å². The van der Waals surface area contributed by atoms with E-state index in [9.17, 15) is 4.39 Å². The lowest BCUT2D eigenvalue weighted by Crippen LogP contribution is -2.40. The Labute approximate surface area is 104 Å². The molecule has 0 saturated carbocycles. The van der Waals surface area contributed by atoms with Crippen molar-refractivity contribution < 1.29 is 4.39 Å². The second-order valence-electron chi connectivity index (χ2n) is 5.40. The minimum atomic E-state index is -0.185. The third-order valence-electron chi connectivity index (χ3n) is 2.60. The molecule has 1 aromatic rings. The fourth-order valence-electron chi connectivity index (χ4n) is 1.60. The van der Waals surface area contributed by atoms with Crippen molar-refractivity contribution in [1.82, 2.24) is 10.6 Å². The molecule has 0 aliphatic carbocycles. The van der Waals surface area contributed by atoms with Crippen molar-refractivity contribution in [2.24, 2.45) is 0 Å². The molecule has 0 heterocycles. The van der Waals surface area contributed by atoms with Gasteiger partial charge in [-0.05, 0) is 45.4 Å². The van der Waals surface area contributed by atoms with E-state index in [-0.39, 0.29) is 17.4 Å². The first-order chi connectivity index (χ1) is 7.88. The zero-order chi connectivity index (χ0) is 12.9. The molecule has 0 radical (unpaired) electrons. The first-order valence-electron chi connectivity index (χ1n) is 6.12. The fraction of sp³-hybridized carbons (Fsp3) is 0.571. The van der Waals surface area contributed by atoms with Crippen LogP contribution < -0.4 is 10.6 Å². The molecule has 0 aromatic heterocycles. The summed E-state index contributed by atoms with van der Waals surface area (Å²) in [7, 11) is 0. The van der Waals surface area contributed by atoms with Gasteiger partial charge in [-0.2, -0.15) is 0 Å². The summed E-state index contributed by atoms with van der Waals surface area (Å²) < 4.78 is 12.8. The van der Waals surface area contributed by atoms with Crippen LogP contribution in [0.5, 0.6) is 0 Å². The lowest BCUT2D eigenvalue weighted by Gasteiger charge is -2.22. The second kappa shape index (κ2) is 6.12. The van der Waals surface area contributed by atoms with Gasteiger partial charge in [0.1, 0.15) is 5.82 Å². The summed E-state index contributed by atoms with van der Waals surface area (Å²) in [4.78, 5) is 0. The predicted octanol–water partition coefficient (Wildman–Crippen LogP) is 2.86. The summed E-state index contributed by atoms with van der Waals surface area (Å²) in [5.41, 5.74) is 1.27. The largest absolute Gasteiger partial charge is 0.311 e. The molecule has 0 spiro atoms. The number of rotatable bonds is 5. The molecule has 0 amide bonds. The van der Waals surface area contributed by atoms with Gasteiger partial charge in [-0.25, -0.2) is 4.39 Å². The SMILES string of the molecule is CC(NCCNC(C)(C)C)c1ccc(F)cc1. The molecule has 1 rings (SSSR count). The first-order valence-corrected chi connectivity index (χ1v) is 6.12.